The van der Waals surface area contributed by atoms with Crippen LogP contribution in [0.3, 0.4) is 0 Å². The molecule has 0 N–H and O–H groups in total. The average Bonchev–Trinajstić information content (AvgIpc) is 2.33. The first kappa shape index (κ1) is 18.5. The molecule has 1 aromatic rings. The molecule has 21 heavy (non-hydrogen) atoms. The zero-order valence-electron chi connectivity index (χ0n) is 15.5. The summed E-state index contributed by atoms with van der Waals surface area (Å²) in [4.78, 5) is 10.2. The maximum Gasteiger partial charge on any atom is 0.0754 e. The van der Waals surface area contributed by atoms with Gasteiger partial charge in [-0.2, -0.15) is 11.8 Å². The second kappa shape index (κ2) is 6.28. The average molecular weight is 309 g/mol. The number of nitrogens with zero attached hydrogens (tertiary/aromatic N) is 2. The predicted octanol–water partition coefficient (Wildman–Crippen LogP) is 5.62. The van der Waals surface area contributed by atoms with Crippen LogP contribution in [0.5, 0.6) is 0 Å². The third kappa shape index (κ3) is 4.21. The van der Waals surface area contributed by atoms with E-state index >= 15 is 0 Å². The van der Waals surface area contributed by atoms with Crippen molar-refractivity contribution < 1.29 is 0 Å². The van der Waals surface area contributed by atoms with E-state index in [9.17, 15) is 0 Å². The third-order valence-corrected chi connectivity index (χ3v) is 4.59. The minimum Gasteiger partial charge on any atom is -0.253 e. The summed E-state index contributed by atoms with van der Waals surface area (Å²) >= 11 is 1.84. The number of hydrogen-bond acceptors (Lipinski definition) is 3. The van der Waals surface area contributed by atoms with E-state index in [0.717, 1.165) is 22.8 Å². The van der Waals surface area contributed by atoms with Crippen LogP contribution in [0.2, 0.25) is 0 Å². The molecule has 0 aliphatic heterocycles. The molecule has 0 fully saturated rings. The van der Waals surface area contributed by atoms with Gasteiger partial charge in [0.05, 0.1) is 22.8 Å². The molecule has 0 spiro atoms. The zero-order valence-corrected chi connectivity index (χ0v) is 16.3. The lowest BCUT2D eigenvalue weighted by molar-refractivity contribution is 0.511. The number of hydrogen-bond donors (Lipinski definition) is 0. The summed E-state index contributed by atoms with van der Waals surface area (Å²) in [6.07, 6.45) is 2.14. The molecule has 2 nitrogen and oxygen atoms in total. The van der Waals surface area contributed by atoms with Crippen molar-refractivity contribution in [2.45, 2.75) is 84.3 Å². The molecule has 1 unspecified atom stereocenters. The molecule has 1 atom stereocenters. The molecule has 120 valence electrons. The van der Waals surface area contributed by atoms with Gasteiger partial charge in [0.25, 0.3) is 0 Å². The Labute approximate surface area is 135 Å². The van der Waals surface area contributed by atoms with Crippen molar-refractivity contribution in [2.24, 2.45) is 0 Å². The van der Waals surface area contributed by atoms with E-state index in [1.807, 2.05) is 11.8 Å². The SMILES string of the molecule is CSC(C)c1nc(C(C)(C)C)c(C(C)C)nc1C(C)(C)C. The van der Waals surface area contributed by atoms with Crippen LogP contribution in [-0.4, -0.2) is 16.2 Å². The number of rotatable bonds is 3. The molecule has 0 aliphatic carbocycles. The van der Waals surface area contributed by atoms with Crippen LogP contribution in [0.1, 0.15) is 96.3 Å². The first-order chi connectivity index (χ1) is 9.39. The minimum absolute atomic E-state index is 0.0202. The fourth-order valence-electron chi connectivity index (χ4n) is 2.36. The molecule has 1 rings (SSSR count). The standard InChI is InChI=1S/C18H32N2S/c1-11(2)13-15(17(4,5)6)20-14(12(3)21-10)16(19-13)18(7,8)9/h11-12H,1-10H3. The monoisotopic (exact) mass is 308 g/mol. The Bertz CT molecular complexity index is 493. The quantitative estimate of drug-likeness (QED) is 0.725. The second-order valence-corrected chi connectivity index (χ2v) is 9.40. The van der Waals surface area contributed by atoms with Gasteiger partial charge >= 0.3 is 0 Å². The van der Waals surface area contributed by atoms with Crippen LogP contribution in [-0.2, 0) is 10.8 Å². The molecule has 0 bridgehead atoms. The van der Waals surface area contributed by atoms with Gasteiger partial charge in [0.15, 0.2) is 0 Å². The molecule has 0 amide bonds. The van der Waals surface area contributed by atoms with E-state index in [4.69, 9.17) is 9.97 Å². The van der Waals surface area contributed by atoms with E-state index in [2.05, 4.69) is 68.6 Å². The van der Waals surface area contributed by atoms with Crippen LogP contribution in [0.25, 0.3) is 0 Å². The molecule has 0 saturated carbocycles. The summed E-state index contributed by atoms with van der Waals surface area (Å²) in [7, 11) is 0. The van der Waals surface area contributed by atoms with Crippen LogP contribution in [0.15, 0.2) is 0 Å². The van der Waals surface area contributed by atoms with Gasteiger partial charge in [-0.1, -0.05) is 55.4 Å². The third-order valence-electron chi connectivity index (χ3n) is 3.66. The van der Waals surface area contributed by atoms with Crippen molar-refractivity contribution in [3.8, 4) is 0 Å². The van der Waals surface area contributed by atoms with E-state index in [-0.39, 0.29) is 10.8 Å². The maximum absolute atomic E-state index is 5.12. The molecule has 3 heteroatoms. The van der Waals surface area contributed by atoms with Gasteiger partial charge in [-0.15, -0.1) is 0 Å². The van der Waals surface area contributed by atoms with Crippen LogP contribution in [0, 0.1) is 0 Å². The van der Waals surface area contributed by atoms with Crippen molar-refractivity contribution in [3.63, 3.8) is 0 Å². The molecular formula is C18H32N2S. The summed E-state index contributed by atoms with van der Waals surface area (Å²) in [5.74, 6) is 0.395. The lowest BCUT2D eigenvalue weighted by Crippen LogP contribution is -2.26. The number of aromatic nitrogens is 2. The van der Waals surface area contributed by atoms with Crippen LogP contribution < -0.4 is 0 Å². The van der Waals surface area contributed by atoms with Crippen molar-refractivity contribution in [3.05, 3.63) is 22.8 Å². The van der Waals surface area contributed by atoms with E-state index < -0.39 is 0 Å². The lowest BCUT2D eigenvalue weighted by atomic mass is 9.84. The molecular weight excluding hydrogens is 276 g/mol. The Balaban J connectivity index is 3.71. The Morgan fingerprint density at radius 2 is 1.14 bits per heavy atom. The summed E-state index contributed by atoms with van der Waals surface area (Å²) in [6, 6.07) is 0. The minimum atomic E-state index is 0.0202. The molecule has 1 heterocycles. The second-order valence-electron chi connectivity index (χ2n) is 8.22. The highest BCUT2D eigenvalue weighted by atomic mass is 32.2. The fraction of sp³-hybridized carbons (Fsp3) is 0.778. The van der Waals surface area contributed by atoms with Crippen molar-refractivity contribution in [1.82, 2.24) is 9.97 Å². The smallest absolute Gasteiger partial charge is 0.0754 e. The Kier molecular flexibility index (Phi) is 5.52. The summed E-state index contributed by atoms with van der Waals surface area (Å²) < 4.78 is 0. The summed E-state index contributed by atoms with van der Waals surface area (Å²) in [5, 5.41) is 0.369. The molecule has 0 radical (unpaired) electrons. The normalized spacial score (nSPS) is 14.6. The van der Waals surface area contributed by atoms with Crippen molar-refractivity contribution in [2.75, 3.05) is 6.26 Å². The van der Waals surface area contributed by atoms with Gasteiger partial charge in [-0.05, 0) is 19.1 Å². The molecule has 1 aromatic heterocycles. The topological polar surface area (TPSA) is 25.8 Å². The largest absolute Gasteiger partial charge is 0.253 e. The van der Waals surface area contributed by atoms with Gasteiger partial charge in [-0.3, -0.25) is 9.97 Å². The zero-order chi connectivity index (χ0) is 16.6. The predicted molar refractivity (Wildman–Crippen MR) is 95.5 cm³/mol. The van der Waals surface area contributed by atoms with E-state index in [1.54, 1.807) is 0 Å². The highest BCUT2D eigenvalue weighted by molar-refractivity contribution is 7.98. The highest BCUT2D eigenvalue weighted by Crippen LogP contribution is 2.37. The molecule has 0 aliphatic rings. The van der Waals surface area contributed by atoms with Crippen molar-refractivity contribution in [1.29, 1.82) is 0 Å². The van der Waals surface area contributed by atoms with Gasteiger partial charge in [0.2, 0.25) is 0 Å². The summed E-state index contributed by atoms with van der Waals surface area (Å²) in [6.45, 7) is 20.0. The molecule has 0 saturated heterocycles. The van der Waals surface area contributed by atoms with Gasteiger partial charge in [0, 0.05) is 16.1 Å². The first-order valence-electron chi connectivity index (χ1n) is 7.85. The van der Waals surface area contributed by atoms with Gasteiger partial charge < -0.3 is 0 Å². The lowest BCUT2D eigenvalue weighted by Gasteiger charge is -2.30. The molecule has 0 aromatic carbocycles. The highest BCUT2D eigenvalue weighted by Gasteiger charge is 2.30. The van der Waals surface area contributed by atoms with E-state index in [1.165, 1.54) is 0 Å². The van der Waals surface area contributed by atoms with Gasteiger partial charge in [0.1, 0.15) is 0 Å². The maximum atomic E-state index is 5.12. The Morgan fingerprint density at radius 1 is 0.762 bits per heavy atom. The van der Waals surface area contributed by atoms with E-state index in [0.29, 0.717) is 11.2 Å². The summed E-state index contributed by atoms with van der Waals surface area (Å²) in [5.41, 5.74) is 4.67. The fourth-order valence-corrected chi connectivity index (χ4v) is 2.75. The first-order valence-corrected chi connectivity index (χ1v) is 9.14. The van der Waals surface area contributed by atoms with Gasteiger partial charge in [-0.25, -0.2) is 0 Å². The Hall–Kier alpha value is -0.570. The van der Waals surface area contributed by atoms with Crippen LogP contribution in [0.4, 0.5) is 0 Å². The Morgan fingerprint density at radius 3 is 1.48 bits per heavy atom. The number of thioether (sulfide) groups is 1. The van der Waals surface area contributed by atoms with Crippen LogP contribution >= 0.6 is 11.8 Å². The van der Waals surface area contributed by atoms with Crippen molar-refractivity contribution >= 4 is 11.8 Å².